The van der Waals surface area contributed by atoms with Crippen molar-refractivity contribution in [2.24, 2.45) is 0 Å². The molecule has 1 atom stereocenters. The number of benzene rings is 1. The number of nitrogens with zero attached hydrogens (tertiary/aromatic N) is 1. The summed E-state index contributed by atoms with van der Waals surface area (Å²) in [6.45, 7) is 2.13. The van der Waals surface area contributed by atoms with E-state index >= 15 is 0 Å². The summed E-state index contributed by atoms with van der Waals surface area (Å²) in [6, 6.07) is 7.35. The largest absolute Gasteiger partial charge is 0.396 e. The zero-order valence-electron chi connectivity index (χ0n) is 10.2. The lowest BCUT2D eigenvalue weighted by Crippen LogP contribution is -2.51. The molecule has 1 aliphatic heterocycles. The molecular weight excluding hydrogens is 232 g/mol. The maximum absolute atomic E-state index is 11.7. The summed E-state index contributed by atoms with van der Waals surface area (Å²) in [5.74, 6) is -0.195. The number of amides is 2. The summed E-state index contributed by atoms with van der Waals surface area (Å²) in [4.78, 5) is 24.4. The summed E-state index contributed by atoms with van der Waals surface area (Å²) in [6.07, 6.45) is 0. The van der Waals surface area contributed by atoms with Crippen LogP contribution in [0.25, 0.3) is 0 Å². The highest BCUT2D eigenvalue weighted by molar-refractivity contribution is 6.04. The maximum atomic E-state index is 11.7. The van der Waals surface area contributed by atoms with E-state index in [0.717, 1.165) is 5.56 Å². The van der Waals surface area contributed by atoms with E-state index in [4.69, 9.17) is 5.11 Å². The molecule has 2 N–H and O–H groups in total. The quantitative estimate of drug-likeness (QED) is 0.805. The molecule has 96 valence electrons. The van der Waals surface area contributed by atoms with Gasteiger partial charge in [-0.1, -0.05) is 19.1 Å². The number of nitrogens with one attached hydrogen (secondary N) is 1. The van der Waals surface area contributed by atoms with E-state index in [-0.39, 0.29) is 37.4 Å². The van der Waals surface area contributed by atoms with Crippen LogP contribution >= 0.6 is 0 Å². The van der Waals surface area contributed by atoms with Gasteiger partial charge in [-0.3, -0.25) is 9.59 Å². The fourth-order valence-electron chi connectivity index (χ4n) is 1.88. The fourth-order valence-corrected chi connectivity index (χ4v) is 1.88. The third-order valence-electron chi connectivity index (χ3n) is 3.09. The molecule has 5 nitrogen and oxygen atoms in total. The Morgan fingerprint density at radius 2 is 2.00 bits per heavy atom. The lowest BCUT2D eigenvalue weighted by atomic mass is 10.0. The molecule has 18 heavy (non-hydrogen) atoms. The minimum atomic E-state index is -0.151. The van der Waals surface area contributed by atoms with Crippen molar-refractivity contribution in [1.82, 2.24) is 5.32 Å². The van der Waals surface area contributed by atoms with Gasteiger partial charge in [-0.25, -0.2) is 0 Å². The molecule has 2 amide bonds. The van der Waals surface area contributed by atoms with E-state index in [1.165, 1.54) is 4.90 Å². The Hall–Kier alpha value is -1.88. The van der Waals surface area contributed by atoms with Crippen molar-refractivity contribution in [3.05, 3.63) is 29.8 Å². The average Bonchev–Trinajstić information content (AvgIpc) is 2.41. The normalized spacial score (nSPS) is 17.6. The lowest BCUT2D eigenvalue weighted by molar-refractivity contribution is -0.128. The molecule has 0 saturated carbocycles. The smallest absolute Gasteiger partial charge is 0.246 e. The van der Waals surface area contributed by atoms with Crippen molar-refractivity contribution >= 4 is 17.5 Å². The Morgan fingerprint density at radius 3 is 2.61 bits per heavy atom. The summed E-state index contributed by atoms with van der Waals surface area (Å²) in [7, 11) is 0. The number of carbonyl (C=O) groups is 2. The van der Waals surface area contributed by atoms with Gasteiger partial charge >= 0.3 is 0 Å². The number of anilines is 1. The first-order valence-electron chi connectivity index (χ1n) is 5.89. The molecule has 0 aliphatic carbocycles. The van der Waals surface area contributed by atoms with E-state index in [1.807, 2.05) is 19.1 Å². The van der Waals surface area contributed by atoms with Gasteiger partial charge in [0.2, 0.25) is 11.8 Å². The molecule has 1 aromatic rings. The molecule has 1 fully saturated rings. The molecule has 5 heteroatoms. The van der Waals surface area contributed by atoms with Crippen molar-refractivity contribution < 1.29 is 14.7 Å². The van der Waals surface area contributed by atoms with E-state index in [9.17, 15) is 9.59 Å². The van der Waals surface area contributed by atoms with E-state index in [0.29, 0.717) is 5.69 Å². The SMILES string of the molecule is CC(CO)c1ccc(N2CC(=O)NCC2=O)cc1. The second-order valence-corrected chi connectivity index (χ2v) is 4.43. The van der Waals surface area contributed by atoms with Crippen LogP contribution in [-0.4, -0.2) is 36.6 Å². The monoisotopic (exact) mass is 248 g/mol. The van der Waals surface area contributed by atoms with Crippen molar-refractivity contribution in [2.75, 3.05) is 24.6 Å². The summed E-state index contributed by atoms with van der Waals surface area (Å²) in [5.41, 5.74) is 1.72. The van der Waals surface area contributed by atoms with Crippen molar-refractivity contribution in [1.29, 1.82) is 0 Å². The molecule has 0 aromatic heterocycles. The highest BCUT2D eigenvalue weighted by Crippen LogP contribution is 2.20. The average molecular weight is 248 g/mol. The van der Waals surface area contributed by atoms with Crippen LogP contribution in [0.1, 0.15) is 18.4 Å². The van der Waals surface area contributed by atoms with Crippen LogP contribution in [0.4, 0.5) is 5.69 Å². The number of aliphatic hydroxyl groups excluding tert-OH is 1. The van der Waals surface area contributed by atoms with Gasteiger partial charge in [0.25, 0.3) is 0 Å². The van der Waals surface area contributed by atoms with Crippen molar-refractivity contribution in [3.8, 4) is 0 Å². The van der Waals surface area contributed by atoms with Gasteiger partial charge in [-0.15, -0.1) is 0 Å². The lowest BCUT2D eigenvalue weighted by Gasteiger charge is -2.26. The molecule has 0 radical (unpaired) electrons. The molecule has 0 bridgehead atoms. The molecule has 1 unspecified atom stereocenters. The zero-order chi connectivity index (χ0) is 13.1. The molecule has 1 aromatic carbocycles. The minimum Gasteiger partial charge on any atom is -0.396 e. The van der Waals surface area contributed by atoms with Gasteiger partial charge < -0.3 is 15.3 Å². The third-order valence-corrected chi connectivity index (χ3v) is 3.09. The highest BCUT2D eigenvalue weighted by Gasteiger charge is 2.24. The Kier molecular flexibility index (Phi) is 3.62. The standard InChI is InChI=1S/C13H16N2O3/c1-9(8-16)10-2-4-11(5-3-10)15-7-12(17)14-6-13(15)18/h2-5,9,16H,6-8H2,1H3,(H,14,17). The minimum absolute atomic E-state index is 0.0492. The molecule has 0 spiro atoms. The maximum Gasteiger partial charge on any atom is 0.246 e. The van der Waals surface area contributed by atoms with Gasteiger partial charge in [0.15, 0.2) is 0 Å². The molecule has 1 saturated heterocycles. The predicted octanol–water partition coefficient (Wildman–Crippen LogP) is 0.245. The molecule has 1 heterocycles. The number of hydrogen-bond acceptors (Lipinski definition) is 3. The first-order valence-corrected chi connectivity index (χ1v) is 5.89. The van der Waals surface area contributed by atoms with Crippen molar-refractivity contribution in [3.63, 3.8) is 0 Å². The van der Waals surface area contributed by atoms with Gasteiger partial charge in [-0.2, -0.15) is 0 Å². The first-order chi connectivity index (χ1) is 8.61. The van der Waals surface area contributed by atoms with Crippen LogP contribution < -0.4 is 10.2 Å². The first kappa shape index (κ1) is 12.6. The Labute approximate surface area is 105 Å². The summed E-state index contributed by atoms with van der Waals surface area (Å²) < 4.78 is 0. The van der Waals surface area contributed by atoms with Gasteiger partial charge in [0, 0.05) is 18.2 Å². The van der Waals surface area contributed by atoms with E-state index in [2.05, 4.69) is 5.32 Å². The van der Waals surface area contributed by atoms with Crippen LogP contribution in [0.2, 0.25) is 0 Å². The van der Waals surface area contributed by atoms with E-state index in [1.54, 1.807) is 12.1 Å². The summed E-state index contributed by atoms with van der Waals surface area (Å²) in [5, 5.41) is 11.6. The number of carbonyl (C=O) groups excluding carboxylic acids is 2. The Morgan fingerprint density at radius 1 is 1.33 bits per heavy atom. The van der Waals surface area contributed by atoms with Crippen molar-refractivity contribution in [2.45, 2.75) is 12.8 Å². The zero-order valence-corrected chi connectivity index (χ0v) is 10.2. The number of rotatable bonds is 3. The number of hydrogen-bond donors (Lipinski definition) is 2. The van der Waals surface area contributed by atoms with Crippen LogP contribution in [0.3, 0.4) is 0 Å². The molecule has 2 rings (SSSR count). The van der Waals surface area contributed by atoms with E-state index < -0.39 is 0 Å². The number of aliphatic hydroxyl groups is 1. The predicted molar refractivity (Wildman–Crippen MR) is 67.3 cm³/mol. The highest BCUT2D eigenvalue weighted by atomic mass is 16.3. The second kappa shape index (κ2) is 5.18. The van der Waals surface area contributed by atoms with Crippen LogP contribution in [0.5, 0.6) is 0 Å². The number of piperazine rings is 1. The second-order valence-electron chi connectivity index (χ2n) is 4.43. The van der Waals surface area contributed by atoms with Crippen LogP contribution in [0.15, 0.2) is 24.3 Å². The Balaban J connectivity index is 2.18. The molecular formula is C13H16N2O3. The Bertz CT molecular complexity index is 456. The van der Waals surface area contributed by atoms with Gasteiger partial charge in [0.05, 0.1) is 6.54 Å². The van der Waals surface area contributed by atoms with Gasteiger partial charge in [-0.05, 0) is 17.7 Å². The van der Waals surface area contributed by atoms with Gasteiger partial charge in [0.1, 0.15) is 6.54 Å². The van der Waals surface area contributed by atoms with Crippen LogP contribution in [-0.2, 0) is 9.59 Å². The fraction of sp³-hybridized carbons (Fsp3) is 0.385. The topological polar surface area (TPSA) is 69.6 Å². The van der Waals surface area contributed by atoms with Crippen LogP contribution in [0, 0.1) is 0 Å². The molecule has 1 aliphatic rings. The third kappa shape index (κ3) is 2.51. The summed E-state index contributed by atoms with van der Waals surface area (Å²) >= 11 is 0.